The lowest BCUT2D eigenvalue weighted by molar-refractivity contribution is 0.119. The van der Waals surface area contributed by atoms with Crippen LogP contribution in [0.4, 0.5) is 10.5 Å². The summed E-state index contributed by atoms with van der Waals surface area (Å²) in [6.45, 7) is 4.49. The fraction of sp³-hybridized carbons (Fsp3) is 0.474. The zero-order valence-corrected chi connectivity index (χ0v) is 14.9. The van der Waals surface area contributed by atoms with Crippen LogP contribution in [0.2, 0.25) is 0 Å². The number of hydrogen-bond donors (Lipinski definition) is 1. The molecule has 25 heavy (non-hydrogen) atoms. The lowest BCUT2D eigenvalue weighted by Crippen LogP contribution is -2.41. The van der Waals surface area contributed by atoms with Gasteiger partial charge in [0.05, 0.1) is 6.10 Å². The molecule has 3 rings (SSSR count). The summed E-state index contributed by atoms with van der Waals surface area (Å²) in [6, 6.07) is 9.74. The Morgan fingerprint density at radius 2 is 2.16 bits per heavy atom. The van der Waals surface area contributed by atoms with E-state index in [9.17, 15) is 4.79 Å². The van der Waals surface area contributed by atoms with Gasteiger partial charge in [0.2, 0.25) is 0 Å². The van der Waals surface area contributed by atoms with Crippen LogP contribution in [-0.2, 0) is 11.3 Å². The molecular formula is C19H26N4O2. The molecule has 1 aliphatic heterocycles. The minimum Gasteiger partial charge on any atom is -0.377 e. The summed E-state index contributed by atoms with van der Waals surface area (Å²) < 4.78 is 7.31. The number of carbonyl (C=O) groups excluding carboxylic acids is 1. The molecule has 1 aliphatic rings. The number of aromatic nitrogens is 2. The zero-order valence-electron chi connectivity index (χ0n) is 14.9. The molecule has 0 spiro atoms. The number of piperidine rings is 1. The Balaban J connectivity index is 1.51. The van der Waals surface area contributed by atoms with Crippen molar-refractivity contribution < 1.29 is 9.53 Å². The van der Waals surface area contributed by atoms with E-state index < -0.39 is 0 Å². The highest BCUT2D eigenvalue weighted by molar-refractivity contribution is 5.89. The average molecular weight is 342 g/mol. The number of urea groups is 1. The van der Waals surface area contributed by atoms with Crippen LogP contribution in [-0.4, -0.2) is 40.9 Å². The highest BCUT2D eigenvalue weighted by atomic mass is 16.5. The molecule has 0 unspecified atom stereocenters. The molecule has 0 radical (unpaired) electrons. The molecule has 1 saturated heterocycles. The number of benzene rings is 1. The molecule has 0 aliphatic carbocycles. The van der Waals surface area contributed by atoms with Crippen molar-refractivity contribution in [3.63, 3.8) is 0 Å². The van der Waals surface area contributed by atoms with Gasteiger partial charge in [-0.1, -0.05) is 12.1 Å². The normalized spacial score (nSPS) is 16.6. The first-order chi connectivity index (χ1) is 12.2. The molecule has 1 fully saturated rings. The van der Waals surface area contributed by atoms with Crippen molar-refractivity contribution in [1.82, 2.24) is 14.7 Å². The maximum absolute atomic E-state index is 12.5. The molecule has 2 heterocycles. The molecule has 6 heteroatoms. The number of methoxy groups -OCH3 is 1. The van der Waals surface area contributed by atoms with E-state index in [1.165, 1.54) is 0 Å². The molecular weight excluding hydrogens is 316 g/mol. The molecule has 134 valence electrons. The Bertz CT molecular complexity index is 678. The Morgan fingerprint density at radius 1 is 1.36 bits per heavy atom. The van der Waals surface area contributed by atoms with Crippen molar-refractivity contribution in [3.05, 3.63) is 48.3 Å². The number of hydrogen-bond acceptors (Lipinski definition) is 3. The fourth-order valence-electron chi connectivity index (χ4n) is 3.20. The molecule has 2 aromatic rings. The van der Waals surface area contributed by atoms with E-state index in [1.807, 2.05) is 53.0 Å². The van der Waals surface area contributed by atoms with Crippen LogP contribution in [0, 0.1) is 5.92 Å². The van der Waals surface area contributed by atoms with E-state index in [1.54, 1.807) is 13.3 Å². The van der Waals surface area contributed by atoms with Crippen LogP contribution in [0.5, 0.6) is 0 Å². The highest BCUT2D eigenvalue weighted by Gasteiger charge is 2.23. The molecule has 1 N–H and O–H groups in total. The van der Waals surface area contributed by atoms with Gasteiger partial charge in [0.15, 0.2) is 0 Å². The summed E-state index contributed by atoms with van der Waals surface area (Å²) in [7, 11) is 1.68. The number of ether oxygens (including phenoxy) is 1. The van der Waals surface area contributed by atoms with Crippen LogP contribution < -0.4 is 5.32 Å². The van der Waals surface area contributed by atoms with Crippen molar-refractivity contribution >= 4 is 11.7 Å². The highest BCUT2D eigenvalue weighted by Crippen LogP contribution is 2.22. The summed E-state index contributed by atoms with van der Waals surface area (Å²) in [5, 5.41) is 7.27. The lowest BCUT2D eigenvalue weighted by Gasteiger charge is -2.32. The molecule has 1 atom stereocenters. The summed E-state index contributed by atoms with van der Waals surface area (Å²) in [5.41, 5.74) is 1.86. The van der Waals surface area contributed by atoms with Gasteiger partial charge in [-0.3, -0.25) is 4.68 Å². The number of nitrogens with one attached hydrogen (secondary N) is 1. The van der Waals surface area contributed by atoms with Gasteiger partial charge >= 0.3 is 6.03 Å². The zero-order chi connectivity index (χ0) is 17.6. The molecule has 1 aromatic heterocycles. The van der Waals surface area contributed by atoms with E-state index in [0.717, 1.165) is 43.7 Å². The molecule has 6 nitrogen and oxygen atoms in total. The van der Waals surface area contributed by atoms with Gasteiger partial charge in [0, 0.05) is 44.8 Å². The first kappa shape index (κ1) is 17.5. The number of likely N-dealkylation sites (tertiary alicyclic amines) is 1. The van der Waals surface area contributed by atoms with Gasteiger partial charge in [-0.25, -0.2) is 4.79 Å². The van der Waals surface area contributed by atoms with Gasteiger partial charge in [-0.2, -0.15) is 5.10 Å². The van der Waals surface area contributed by atoms with E-state index in [-0.39, 0.29) is 12.1 Å². The van der Waals surface area contributed by atoms with Crippen molar-refractivity contribution in [2.24, 2.45) is 5.92 Å². The first-order valence-electron chi connectivity index (χ1n) is 8.82. The van der Waals surface area contributed by atoms with Gasteiger partial charge in [-0.05, 0) is 49.4 Å². The maximum Gasteiger partial charge on any atom is 0.321 e. The third kappa shape index (κ3) is 4.60. The predicted molar refractivity (Wildman–Crippen MR) is 97.4 cm³/mol. The largest absolute Gasteiger partial charge is 0.377 e. The van der Waals surface area contributed by atoms with Gasteiger partial charge in [0.1, 0.15) is 0 Å². The summed E-state index contributed by atoms with van der Waals surface area (Å²) in [5.74, 6) is 0.579. The van der Waals surface area contributed by atoms with Crippen LogP contribution in [0.25, 0.3) is 0 Å². The number of carbonyl (C=O) groups is 1. The number of rotatable bonds is 5. The standard InChI is InChI=1S/C19H26N4O2/c1-15(25-2)17-5-3-6-18(13-17)21-19(24)22-11-7-16(8-12-22)14-23-10-4-9-20-23/h3-6,9-10,13,15-16H,7-8,11-12,14H2,1-2H3,(H,21,24)/t15-/m0/s1. The van der Waals surface area contributed by atoms with Gasteiger partial charge < -0.3 is 15.0 Å². The number of nitrogens with zero attached hydrogens (tertiary/aromatic N) is 3. The minimum absolute atomic E-state index is 0.00916. The molecule has 2 amide bonds. The fourth-order valence-corrected chi connectivity index (χ4v) is 3.20. The van der Waals surface area contributed by atoms with Gasteiger partial charge in [0.25, 0.3) is 0 Å². The molecule has 0 saturated carbocycles. The smallest absolute Gasteiger partial charge is 0.321 e. The Morgan fingerprint density at radius 3 is 2.84 bits per heavy atom. The Labute approximate surface area is 148 Å². The second-order valence-corrected chi connectivity index (χ2v) is 6.59. The van der Waals surface area contributed by atoms with E-state index in [4.69, 9.17) is 4.74 Å². The summed E-state index contributed by atoms with van der Waals surface area (Å²) >= 11 is 0. The number of amides is 2. The van der Waals surface area contributed by atoms with Crippen molar-refractivity contribution in [1.29, 1.82) is 0 Å². The average Bonchev–Trinajstić information content (AvgIpc) is 3.15. The van der Waals surface area contributed by atoms with Crippen LogP contribution >= 0.6 is 0 Å². The quantitative estimate of drug-likeness (QED) is 0.904. The van der Waals surface area contributed by atoms with Gasteiger partial charge in [-0.15, -0.1) is 0 Å². The minimum atomic E-state index is -0.0280. The second-order valence-electron chi connectivity index (χ2n) is 6.59. The lowest BCUT2D eigenvalue weighted by atomic mass is 9.97. The second kappa shape index (κ2) is 8.16. The number of anilines is 1. The topological polar surface area (TPSA) is 59.4 Å². The van der Waals surface area contributed by atoms with Crippen molar-refractivity contribution in [2.45, 2.75) is 32.4 Å². The van der Waals surface area contributed by atoms with Crippen molar-refractivity contribution in [3.8, 4) is 0 Å². The van der Waals surface area contributed by atoms with Crippen LogP contribution in [0.15, 0.2) is 42.7 Å². The van der Waals surface area contributed by atoms with E-state index >= 15 is 0 Å². The molecule has 0 bridgehead atoms. The summed E-state index contributed by atoms with van der Waals surface area (Å²) in [4.78, 5) is 14.4. The Kier molecular flexibility index (Phi) is 5.71. The summed E-state index contributed by atoms with van der Waals surface area (Å²) in [6.07, 6.45) is 5.82. The molecule has 1 aromatic carbocycles. The van der Waals surface area contributed by atoms with E-state index in [0.29, 0.717) is 5.92 Å². The first-order valence-corrected chi connectivity index (χ1v) is 8.82. The van der Waals surface area contributed by atoms with Crippen molar-refractivity contribution in [2.75, 3.05) is 25.5 Å². The van der Waals surface area contributed by atoms with E-state index in [2.05, 4.69) is 10.4 Å². The van der Waals surface area contributed by atoms with Crippen LogP contribution in [0.1, 0.15) is 31.4 Å². The monoisotopic (exact) mass is 342 g/mol. The Hall–Kier alpha value is -2.34. The van der Waals surface area contributed by atoms with Crippen LogP contribution in [0.3, 0.4) is 0 Å². The third-order valence-electron chi connectivity index (χ3n) is 4.87. The SMILES string of the molecule is CO[C@@H](C)c1cccc(NC(=O)N2CCC(Cn3cccn3)CC2)c1. The predicted octanol–water partition coefficient (Wildman–Crippen LogP) is 3.53. The third-order valence-corrected chi connectivity index (χ3v) is 4.87. The maximum atomic E-state index is 12.5.